The van der Waals surface area contributed by atoms with Gasteiger partial charge in [0.2, 0.25) is 0 Å². The van der Waals surface area contributed by atoms with Gasteiger partial charge < -0.3 is 10.1 Å². The summed E-state index contributed by atoms with van der Waals surface area (Å²) >= 11 is 1.71. The van der Waals surface area contributed by atoms with Gasteiger partial charge in [0.25, 0.3) is 5.91 Å². The van der Waals surface area contributed by atoms with E-state index in [4.69, 9.17) is 4.74 Å². The van der Waals surface area contributed by atoms with Crippen LogP contribution >= 0.6 is 11.8 Å². The molecule has 1 N–H and O–H groups in total. The van der Waals surface area contributed by atoms with Gasteiger partial charge in [-0.2, -0.15) is 0 Å². The summed E-state index contributed by atoms with van der Waals surface area (Å²) in [6.07, 6.45) is -0.565. The van der Waals surface area contributed by atoms with E-state index in [9.17, 15) is 4.79 Å². The molecule has 2 aromatic carbocycles. The number of para-hydroxylation sites is 1. The molecule has 2 rings (SSSR count). The molecule has 2 aromatic rings. The van der Waals surface area contributed by atoms with Crippen molar-refractivity contribution in [2.75, 3.05) is 11.1 Å². The number of carbonyl (C=O) groups excluding carboxylic acids is 1. The number of ether oxygens (including phenoxy) is 1. The number of carbonyl (C=O) groups is 1. The highest BCUT2D eigenvalue weighted by molar-refractivity contribution is 7.99. The molecule has 0 saturated carbocycles. The number of nitrogens with one attached hydrogen (secondary N) is 1. The van der Waals surface area contributed by atoms with Crippen molar-refractivity contribution in [3.8, 4) is 5.75 Å². The molecule has 4 heteroatoms. The SMILES string of the molecule is CCSc1ccccc1NC(=O)C(C)Oc1cc(C)cc(C)c1C. The van der Waals surface area contributed by atoms with E-state index >= 15 is 0 Å². The lowest BCUT2D eigenvalue weighted by Crippen LogP contribution is -2.30. The zero-order chi connectivity index (χ0) is 17.7. The van der Waals surface area contributed by atoms with Crippen LogP contribution in [0.25, 0.3) is 0 Å². The Labute approximate surface area is 148 Å². The molecular formula is C20H25NO2S. The second-order valence-corrected chi connectivity index (χ2v) is 7.19. The van der Waals surface area contributed by atoms with Crippen molar-refractivity contribution in [3.05, 3.63) is 53.1 Å². The Morgan fingerprint density at radius 1 is 1.21 bits per heavy atom. The molecule has 0 saturated heterocycles. The monoisotopic (exact) mass is 343 g/mol. The third kappa shape index (κ3) is 4.54. The Morgan fingerprint density at radius 3 is 2.62 bits per heavy atom. The van der Waals surface area contributed by atoms with Crippen LogP contribution in [0.2, 0.25) is 0 Å². The van der Waals surface area contributed by atoms with Crippen molar-refractivity contribution in [2.24, 2.45) is 0 Å². The van der Waals surface area contributed by atoms with Crippen LogP contribution in [0.4, 0.5) is 5.69 Å². The molecular weight excluding hydrogens is 318 g/mol. The van der Waals surface area contributed by atoms with Gasteiger partial charge in [-0.1, -0.05) is 25.1 Å². The van der Waals surface area contributed by atoms with Crippen molar-refractivity contribution < 1.29 is 9.53 Å². The average molecular weight is 343 g/mol. The number of hydrogen-bond acceptors (Lipinski definition) is 3. The van der Waals surface area contributed by atoms with Crippen molar-refractivity contribution in [1.29, 1.82) is 0 Å². The molecule has 1 amide bonds. The number of rotatable bonds is 6. The molecule has 0 fully saturated rings. The summed E-state index contributed by atoms with van der Waals surface area (Å²) in [4.78, 5) is 13.6. The first-order chi connectivity index (χ1) is 11.4. The summed E-state index contributed by atoms with van der Waals surface area (Å²) in [6.45, 7) is 9.97. The maximum atomic E-state index is 12.5. The second kappa shape index (κ2) is 8.25. The number of aryl methyl sites for hydroxylation is 2. The Balaban J connectivity index is 2.11. The first-order valence-corrected chi connectivity index (χ1v) is 9.18. The number of anilines is 1. The van der Waals surface area contributed by atoms with Gasteiger partial charge in [-0.25, -0.2) is 0 Å². The smallest absolute Gasteiger partial charge is 0.265 e. The first-order valence-electron chi connectivity index (χ1n) is 8.19. The molecule has 0 aliphatic carbocycles. The van der Waals surface area contributed by atoms with Gasteiger partial charge in [-0.15, -0.1) is 11.8 Å². The van der Waals surface area contributed by atoms with Crippen LogP contribution in [0.3, 0.4) is 0 Å². The third-order valence-corrected chi connectivity index (χ3v) is 4.84. The lowest BCUT2D eigenvalue weighted by atomic mass is 10.1. The standard InChI is InChI=1S/C20H25NO2S/c1-6-24-19-10-8-7-9-17(19)21-20(22)16(5)23-18-12-13(2)11-14(3)15(18)4/h7-12,16H,6H2,1-5H3,(H,21,22). The summed E-state index contributed by atoms with van der Waals surface area (Å²) < 4.78 is 5.92. The number of hydrogen-bond donors (Lipinski definition) is 1. The Kier molecular flexibility index (Phi) is 6.32. The van der Waals surface area contributed by atoms with Crippen LogP contribution in [0.5, 0.6) is 5.75 Å². The van der Waals surface area contributed by atoms with Gasteiger partial charge in [-0.05, 0) is 68.3 Å². The molecule has 1 unspecified atom stereocenters. The highest BCUT2D eigenvalue weighted by Crippen LogP contribution is 2.28. The van der Waals surface area contributed by atoms with E-state index in [2.05, 4.69) is 25.2 Å². The van der Waals surface area contributed by atoms with Crippen molar-refractivity contribution in [3.63, 3.8) is 0 Å². The fourth-order valence-corrected chi connectivity index (χ4v) is 3.21. The third-order valence-electron chi connectivity index (χ3n) is 3.88. The van der Waals surface area contributed by atoms with Crippen molar-refractivity contribution >= 4 is 23.4 Å². The largest absolute Gasteiger partial charge is 0.481 e. The molecule has 128 valence electrons. The van der Waals surface area contributed by atoms with Gasteiger partial charge >= 0.3 is 0 Å². The Morgan fingerprint density at radius 2 is 1.92 bits per heavy atom. The van der Waals surface area contributed by atoms with E-state index in [1.54, 1.807) is 18.7 Å². The minimum atomic E-state index is -0.565. The van der Waals surface area contributed by atoms with Crippen LogP contribution in [-0.4, -0.2) is 17.8 Å². The maximum Gasteiger partial charge on any atom is 0.265 e. The fraction of sp³-hybridized carbons (Fsp3) is 0.350. The van der Waals surface area contributed by atoms with Crippen LogP contribution in [-0.2, 0) is 4.79 Å². The van der Waals surface area contributed by atoms with E-state index in [1.807, 2.05) is 44.2 Å². The highest BCUT2D eigenvalue weighted by atomic mass is 32.2. The molecule has 3 nitrogen and oxygen atoms in total. The van der Waals surface area contributed by atoms with Crippen LogP contribution in [0, 0.1) is 20.8 Å². The Bertz CT molecular complexity index is 728. The second-order valence-electron chi connectivity index (χ2n) is 5.88. The minimum absolute atomic E-state index is 0.141. The van der Waals surface area contributed by atoms with Crippen LogP contribution in [0.15, 0.2) is 41.3 Å². The maximum absolute atomic E-state index is 12.5. The zero-order valence-electron chi connectivity index (χ0n) is 15.0. The summed E-state index contributed by atoms with van der Waals surface area (Å²) in [5.74, 6) is 1.59. The van der Waals surface area contributed by atoms with E-state index in [-0.39, 0.29) is 5.91 Å². The number of benzene rings is 2. The van der Waals surface area contributed by atoms with E-state index in [0.717, 1.165) is 33.2 Å². The van der Waals surface area contributed by atoms with Gasteiger partial charge in [-0.3, -0.25) is 4.79 Å². The van der Waals surface area contributed by atoms with Crippen molar-refractivity contribution in [1.82, 2.24) is 0 Å². The molecule has 0 aromatic heterocycles. The van der Waals surface area contributed by atoms with Crippen LogP contribution < -0.4 is 10.1 Å². The molecule has 0 spiro atoms. The van der Waals surface area contributed by atoms with Gasteiger partial charge in [0.15, 0.2) is 6.10 Å². The molecule has 0 radical (unpaired) electrons. The summed E-state index contributed by atoms with van der Waals surface area (Å²) in [5.41, 5.74) is 4.21. The van der Waals surface area contributed by atoms with Crippen molar-refractivity contribution in [2.45, 2.75) is 45.6 Å². The molecule has 0 bridgehead atoms. The first kappa shape index (κ1) is 18.4. The van der Waals surface area contributed by atoms with Gasteiger partial charge in [0.05, 0.1) is 5.69 Å². The Hall–Kier alpha value is -1.94. The summed E-state index contributed by atoms with van der Waals surface area (Å²) in [5, 5.41) is 2.98. The van der Waals surface area contributed by atoms with Gasteiger partial charge in [0.1, 0.15) is 5.75 Å². The molecule has 1 atom stereocenters. The fourth-order valence-electron chi connectivity index (χ4n) is 2.45. The number of amides is 1. The normalized spacial score (nSPS) is 11.9. The van der Waals surface area contributed by atoms with E-state index < -0.39 is 6.10 Å². The molecule has 24 heavy (non-hydrogen) atoms. The minimum Gasteiger partial charge on any atom is -0.481 e. The molecule has 0 aliphatic rings. The van der Waals surface area contributed by atoms with Gasteiger partial charge in [0, 0.05) is 4.90 Å². The van der Waals surface area contributed by atoms with E-state index in [0.29, 0.717) is 0 Å². The van der Waals surface area contributed by atoms with E-state index in [1.165, 1.54) is 5.56 Å². The predicted octanol–water partition coefficient (Wildman–Crippen LogP) is 5.13. The zero-order valence-corrected chi connectivity index (χ0v) is 15.8. The quantitative estimate of drug-likeness (QED) is 0.739. The van der Waals surface area contributed by atoms with Crippen LogP contribution in [0.1, 0.15) is 30.5 Å². The molecule has 0 heterocycles. The topological polar surface area (TPSA) is 38.3 Å². The summed E-state index contributed by atoms with van der Waals surface area (Å²) in [7, 11) is 0. The lowest BCUT2D eigenvalue weighted by Gasteiger charge is -2.18. The highest BCUT2D eigenvalue weighted by Gasteiger charge is 2.17. The summed E-state index contributed by atoms with van der Waals surface area (Å²) in [6, 6.07) is 11.9. The number of thioether (sulfide) groups is 1. The predicted molar refractivity (Wildman–Crippen MR) is 102 cm³/mol. The molecule has 0 aliphatic heterocycles. The average Bonchev–Trinajstić information content (AvgIpc) is 2.54. The lowest BCUT2D eigenvalue weighted by molar-refractivity contribution is -0.122.